The summed E-state index contributed by atoms with van der Waals surface area (Å²) in [6, 6.07) is -0.356. The van der Waals surface area contributed by atoms with Crippen LogP contribution in [-0.2, 0) is 10.3 Å². The first kappa shape index (κ1) is 12.4. The third kappa shape index (κ3) is 3.45. The van der Waals surface area contributed by atoms with Gasteiger partial charge in [0, 0.05) is 0 Å². The fourth-order valence-corrected chi connectivity index (χ4v) is 2.17. The minimum atomic E-state index is -4.29. The first-order valence-corrected chi connectivity index (χ1v) is 5.61. The van der Waals surface area contributed by atoms with Crippen molar-refractivity contribution in [2.75, 3.05) is 6.00 Å². The predicted octanol–water partition coefficient (Wildman–Crippen LogP) is 1.51. The summed E-state index contributed by atoms with van der Waals surface area (Å²) in [6.45, 7) is 3.45. The molecule has 0 spiro atoms. The Balaban J connectivity index is 4.58. The zero-order chi connectivity index (χ0) is 9.94. The van der Waals surface area contributed by atoms with Crippen LogP contribution in [0.15, 0.2) is 0 Å². The number of halogens is 2. The Morgan fingerprint density at radius 1 is 1.50 bits per heavy atom. The van der Waals surface area contributed by atoms with Crippen molar-refractivity contribution in [3.63, 3.8) is 0 Å². The van der Waals surface area contributed by atoms with Crippen molar-refractivity contribution in [2.24, 2.45) is 5.92 Å². The molecule has 0 heterocycles. The van der Waals surface area contributed by atoms with Gasteiger partial charge in [-0.1, -0.05) is 13.8 Å². The SMILES string of the molecule is CC(C)C(Cl)N(CCl)S(=O)(=O)O. The van der Waals surface area contributed by atoms with Crippen molar-refractivity contribution in [2.45, 2.75) is 19.3 Å². The van der Waals surface area contributed by atoms with Crippen LogP contribution >= 0.6 is 23.2 Å². The largest absolute Gasteiger partial charge is 0.338 e. The Bertz CT molecular complexity index is 229. The smallest absolute Gasteiger partial charge is 0.273 e. The van der Waals surface area contributed by atoms with Crippen molar-refractivity contribution >= 4 is 33.5 Å². The zero-order valence-corrected chi connectivity index (χ0v) is 9.07. The van der Waals surface area contributed by atoms with Gasteiger partial charge in [-0.05, 0) is 5.92 Å². The third-order valence-corrected chi connectivity index (χ3v) is 3.44. The first-order chi connectivity index (χ1) is 5.30. The summed E-state index contributed by atoms with van der Waals surface area (Å²) in [5, 5.41) is 0. The number of alkyl halides is 2. The lowest BCUT2D eigenvalue weighted by Crippen LogP contribution is -2.38. The molecule has 1 atom stereocenters. The molecule has 0 saturated carbocycles. The highest BCUT2D eigenvalue weighted by atomic mass is 35.5. The maximum absolute atomic E-state index is 10.6. The van der Waals surface area contributed by atoms with Gasteiger partial charge in [0.05, 0.1) is 6.00 Å². The van der Waals surface area contributed by atoms with E-state index in [1.54, 1.807) is 13.8 Å². The summed E-state index contributed by atoms with van der Waals surface area (Å²) in [4.78, 5) is 0. The molecular formula is C5H11Cl2NO3S. The summed E-state index contributed by atoms with van der Waals surface area (Å²) in [5.74, 6) is -0.118. The van der Waals surface area contributed by atoms with E-state index >= 15 is 0 Å². The predicted molar refractivity (Wildman–Crippen MR) is 48.6 cm³/mol. The van der Waals surface area contributed by atoms with E-state index < -0.39 is 15.8 Å². The molecule has 1 N–H and O–H groups in total. The van der Waals surface area contributed by atoms with Gasteiger partial charge in [0.1, 0.15) is 5.50 Å². The van der Waals surface area contributed by atoms with Crippen LogP contribution in [0.1, 0.15) is 13.8 Å². The van der Waals surface area contributed by atoms with Gasteiger partial charge in [-0.25, -0.2) is 0 Å². The van der Waals surface area contributed by atoms with Crippen LogP contribution in [0.5, 0.6) is 0 Å². The van der Waals surface area contributed by atoms with Crippen molar-refractivity contribution < 1.29 is 13.0 Å². The van der Waals surface area contributed by atoms with Crippen molar-refractivity contribution in [1.29, 1.82) is 0 Å². The highest BCUT2D eigenvalue weighted by Gasteiger charge is 2.27. The lowest BCUT2D eigenvalue weighted by molar-refractivity contribution is 0.324. The van der Waals surface area contributed by atoms with Crippen molar-refractivity contribution in [3.05, 3.63) is 0 Å². The minimum Gasteiger partial charge on any atom is -0.273 e. The van der Waals surface area contributed by atoms with Gasteiger partial charge in [-0.2, -0.15) is 8.42 Å². The van der Waals surface area contributed by atoms with Crippen LogP contribution in [0, 0.1) is 5.92 Å². The van der Waals surface area contributed by atoms with Gasteiger partial charge in [0.25, 0.3) is 0 Å². The van der Waals surface area contributed by atoms with Gasteiger partial charge in [0.2, 0.25) is 0 Å². The summed E-state index contributed by atoms with van der Waals surface area (Å²) < 4.78 is 30.5. The second-order valence-electron chi connectivity index (χ2n) is 2.60. The fraction of sp³-hybridized carbons (Fsp3) is 1.00. The minimum absolute atomic E-state index is 0.118. The van der Waals surface area contributed by atoms with Gasteiger partial charge in [-0.3, -0.25) is 4.55 Å². The van der Waals surface area contributed by atoms with Crippen LogP contribution < -0.4 is 0 Å². The average Bonchev–Trinajstić information content (AvgIpc) is 1.85. The normalized spacial score (nSPS) is 15.6. The molecule has 0 bridgehead atoms. The van der Waals surface area contributed by atoms with Gasteiger partial charge in [0.15, 0.2) is 0 Å². The lowest BCUT2D eigenvalue weighted by Gasteiger charge is -2.23. The number of hydrogen-bond donors (Lipinski definition) is 1. The molecule has 0 aromatic heterocycles. The van der Waals surface area contributed by atoms with E-state index in [0.29, 0.717) is 4.31 Å². The second-order valence-corrected chi connectivity index (χ2v) is 4.65. The first-order valence-electron chi connectivity index (χ1n) is 3.25. The molecule has 0 saturated heterocycles. The van der Waals surface area contributed by atoms with E-state index in [0.717, 1.165) is 0 Å². The Hall–Kier alpha value is 0.450. The Morgan fingerprint density at radius 2 is 1.92 bits per heavy atom. The maximum atomic E-state index is 10.6. The molecule has 74 valence electrons. The van der Waals surface area contributed by atoms with E-state index in [1.165, 1.54) is 0 Å². The van der Waals surface area contributed by atoms with E-state index in [2.05, 4.69) is 0 Å². The molecular weight excluding hydrogens is 225 g/mol. The molecule has 7 heteroatoms. The highest BCUT2D eigenvalue weighted by molar-refractivity contribution is 7.83. The van der Waals surface area contributed by atoms with Crippen LogP contribution in [0.25, 0.3) is 0 Å². The van der Waals surface area contributed by atoms with Crippen LogP contribution in [0.4, 0.5) is 0 Å². The van der Waals surface area contributed by atoms with Crippen molar-refractivity contribution in [3.8, 4) is 0 Å². The Kier molecular flexibility index (Phi) is 4.79. The van der Waals surface area contributed by atoms with Crippen LogP contribution in [0.2, 0.25) is 0 Å². The summed E-state index contributed by atoms with van der Waals surface area (Å²) in [6.07, 6.45) is 0. The van der Waals surface area contributed by atoms with Crippen molar-refractivity contribution in [1.82, 2.24) is 4.31 Å². The zero-order valence-electron chi connectivity index (χ0n) is 6.74. The Morgan fingerprint density at radius 3 is 2.00 bits per heavy atom. The molecule has 4 nitrogen and oxygen atoms in total. The number of nitrogens with zero attached hydrogens (tertiary/aromatic N) is 1. The fourth-order valence-electron chi connectivity index (χ4n) is 0.587. The topological polar surface area (TPSA) is 57.6 Å². The molecule has 0 aliphatic carbocycles. The quantitative estimate of drug-likeness (QED) is 0.457. The lowest BCUT2D eigenvalue weighted by atomic mass is 10.2. The second kappa shape index (κ2) is 4.62. The molecule has 0 fully saturated rings. The molecule has 0 radical (unpaired) electrons. The van der Waals surface area contributed by atoms with Crippen LogP contribution in [0.3, 0.4) is 0 Å². The van der Waals surface area contributed by atoms with E-state index in [4.69, 9.17) is 27.8 Å². The summed E-state index contributed by atoms with van der Waals surface area (Å²) in [7, 11) is -4.29. The monoisotopic (exact) mass is 235 g/mol. The van der Waals surface area contributed by atoms with Crippen LogP contribution in [-0.4, -0.2) is 28.8 Å². The summed E-state index contributed by atoms with van der Waals surface area (Å²) in [5.41, 5.74) is -0.822. The molecule has 0 rings (SSSR count). The molecule has 0 aromatic carbocycles. The molecule has 0 aliphatic rings. The van der Waals surface area contributed by atoms with Gasteiger partial charge >= 0.3 is 10.3 Å². The number of rotatable bonds is 4. The average molecular weight is 236 g/mol. The van der Waals surface area contributed by atoms with Gasteiger partial charge < -0.3 is 0 Å². The molecule has 0 aliphatic heterocycles. The molecule has 1 unspecified atom stereocenters. The molecule has 0 amide bonds. The standard InChI is InChI=1S/C5H11Cl2NO3S/c1-4(2)5(7)8(3-6)12(9,10)11/h4-5H,3H2,1-2H3,(H,9,10,11). The summed E-state index contributed by atoms with van der Waals surface area (Å²) >= 11 is 11.0. The van der Waals surface area contributed by atoms with Gasteiger partial charge in [-0.15, -0.1) is 27.5 Å². The molecule has 0 aromatic rings. The highest BCUT2D eigenvalue weighted by Crippen LogP contribution is 2.18. The maximum Gasteiger partial charge on any atom is 0.338 e. The third-order valence-electron chi connectivity index (χ3n) is 1.24. The molecule has 12 heavy (non-hydrogen) atoms. The number of hydrogen-bond acceptors (Lipinski definition) is 2. The van der Waals surface area contributed by atoms with E-state index in [9.17, 15) is 8.42 Å². The van der Waals surface area contributed by atoms with E-state index in [-0.39, 0.29) is 11.9 Å². The Labute approximate surface area is 82.3 Å². The van der Waals surface area contributed by atoms with E-state index in [1.807, 2.05) is 0 Å².